The molecule has 1 atom stereocenters. The lowest BCUT2D eigenvalue weighted by Gasteiger charge is -2.23. The third kappa shape index (κ3) is 2.00. The van der Waals surface area contributed by atoms with Crippen LogP contribution < -0.4 is 0 Å². The maximum absolute atomic E-state index is 2.35. The third-order valence-electron chi connectivity index (χ3n) is 2.83. The fourth-order valence-electron chi connectivity index (χ4n) is 2.11. The standard InChI is InChI=1S/C12H20/c1-4-7-12-10(3)8-6-9-11(12)5-2/h4,7,10H,5-6,8-9H2,1-3H3/b7-4-. The molecule has 1 rings (SSSR count). The van der Waals surface area contributed by atoms with Crippen molar-refractivity contribution < 1.29 is 0 Å². The normalized spacial score (nSPS) is 25.4. The van der Waals surface area contributed by atoms with Gasteiger partial charge in [-0.3, -0.25) is 0 Å². The van der Waals surface area contributed by atoms with Crippen molar-refractivity contribution in [3.8, 4) is 0 Å². The fraction of sp³-hybridized carbons (Fsp3) is 0.667. The molecule has 0 aromatic heterocycles. The summed E-state index contributed by atoms with van der Waals surface area (Å²) in [6.07, 6.45) is 9.83. The molecule has 0 radical (unpaired) electrons. The Hall–Kier alpha value is -0.520. The third-order valence-corrected chi connectivity index (χ3v) is 2.83. The smallest absolute Gasteiger partial charge is 0.0191 e. The molecule has 0 aromatic rings. The van der Waals surface area contributed by atoms with Gasteiger partial charge in [-0.15, -0.1) is 0 Å². The first kappa shape index (κ1) is 9.57. The predicted octanol–water partition coefficient (Wildman–Crippen LogP) is 4.09. The zero-order chi connectivity index (χ0) is 8.97. The molecular formula is C12H20. The molecule has 0 aliphatic heterocycles. The molecule has 1 aliphatic carbocycles. The molecule has 0 heteroatoms. The maximum atomic E-state index is 2.35. The van der Waals surface area contributed by atoms with Crippen molar-refractivity contribution in [1.29, 1.82) is 0 Å². The molecule has 0 spiro atoms. The van der Waals surface area contributed by atoms with Gasteiger partial charge in [0.05, 0.1) is 0 Å². The summed E-state index contributed by atoms with van der Waals surface area (Å²) >= 11 is 0. The quantitative estimate of drug-likeness (QED) is 0.576. The fourth-order valence-corrected chi connectivity index (χ4v) is 2.11. The van der Waals surface area contributed by atoms with Gasteiger partial charge in [-0.2, -0.15) is 0 Å². The van der Waals surface area contributed by atoms with Gasteiger partial charge >= 0.3 is 0 Å². The SMILES string of the molecule is C/C=C\C1=C(CC)CCCC1C. The predicted molar refractivity (Wildman–Crippen MR) is 55.1 cm³/mol. The van der Waals surface area contributed by atoms with Crippen LogP contribution in [0, 0.1) is 5.92 Å². The van der Waals surface area contributed by atoms with Gasteiger partial charge in [0.1, 0.15) is 0 Å². The molecule has 0 heterocycles. The van der Waals surface area contributed by atoms with Crippen LogP contribution in [0.25, 0.3) is 0 Å². The summed E-state index contributed by atoms with van der Waals surface area (Å²) in [7, 11) is 0. The van der Waals surface area contributed by atoms with Crippen LogP contribution in [0.1, 0.15) is 46.5 Å². The van der Waals surface area contributed by atoms with E-state index in [1.807, 2.05) is 0 Å². The molecule has 68 valence electrons. The lowest BCUT2D eigenvalue weighted by atomic mass is 9.82. The Balaban J connectivity index is 2.87. The highest BCUT2D eigenvalue weighted by Crippen LogP contribution is 2.32. The first-order valence-electron chi connectivity index (χ1n) is 5.14. The van der Waals surface area contributed by atoms with E-state index in [9.17, 15) is 0 Å². The van der Waals surface area contributed by atoms with Crippen LogP contribution in [0.4, 0.5) is 0 Å². The Morgan fingerprint density at radius 1 is 1.50 bits per heavy atom. The second-order valence-electron chi connectivity index (χ2n) is 3.71. The van der Waals surface area contributed by atoms with E-state index in [-0.39, 0.29) is 0 Å². The second kappa shape index (κ2) is 4.49. The highest BCUT2D eigenvalue weighted by atomic mass is 14.2. The van der Waals surface area contributed by atoms with Gasteiger partial charge in [0, 0.05) is 0 Å². The Morgan fingerprint density at radius 2 is 2.25 bits per heavy atom. The van der Waals surface area contributed by atoms with E-state index >= 15 is 0 Å². The monoisotopic (exact) mass is 164 g/mol. The molecule has 0 N–H and O–H groups in total. The number of hydrogen-bond donors (Lipinski definition) is 0. The molecule has 1 aliphatic rings. The van der Waals surface area contributed by atoms with Gasteiger partial charge in [-0.05, 0) is 44.1 Å². The largest absolute Gasteiger partial charge is 0.0874 e. The Labute approximate surface area is 76.4 Å². The van der Waals surface area contributed by atoms with Gasteiger partial charge in [0.15, 0.2) is 0 Å². The van der Waals surface area contributed by atoms with Crippen LogP contribution in [0.5, 0.6) is 0 Å². The molecule has 0 saturated heterocycles. The van der Waals surface area contributed by atoms with E-state index in [1.54, 1.807) is 11.1 Å². The first-order valence-corrected chi connectivity index (χ1v) is 5.14. The minimum atomic E-state index is 0.796. The van der Waals surface area contributed by atoms with Crippen LogP contribution >= 0.6 is 0 Å². The van der Waals surface area contributed by atoms with Crippen LogP contribution in [0.15, 0.2) is 23.3 Å². The van der Waals surface area contributed by atoms with Crippen molar-refractivity contribution >= 4 is 0 Å². The minimum Gasteiger partial charge on any atom is -0.0874 e. The minimum absolute atomic E-state index is 0.796. The number of hydrogen-bond acceptors (Lipinski definition) is 0. The molecule has 0 saturated carbocycles. The average molecular weight is 164 g/mol. The Bertz CT molecular complexity index is 196. The molecule has 0 fully saturated rings. The zero-order valence-electron chi connectivity index (χ0n) is 8.56. The topological polar surface area (TPSA) is 0 Å². The van der Waals surface area contributed by atoms with E-state index in [2.05, 4.69) is 32.9 Å². The second-order valence-corrected chi connectivity index (χ2v) is 3.71. The average Bonchev–Trinajstić information content (AvgIpc) is 2.09. The van der Waals surface area contributed by atoms with Crippen molar-refractivity contribution in [2.75, 3.05) is 0 Å². The molecule has 1 unspecified atom stereocenters. The zero-order valence-corrected chi connectivity index (χ0v) is 8.56. The summed E-state index contributed by atoms with van der Waals surface area (Å²) in [6, 6.07) is 0. The Morgan fingerprint density at radius 3 is 2.83 bits per heavy atom. The number of allylic oxidation sites excluding steroid dienone is 4. The van der Waals surface area contributed by atoms with Crippen LogP contribution in [0.3, 0.4) is 0 Å². The van der Waals surface area contributed by atoms with Crippen LogP contribution in [-0.4, -0.2) is 0 Å². The Kier molecular flexibility index (Phi) is 3.58. The molecule has 12 heavy (non-hydrogen) atoms. The van der Waals surface area contributed by atoms with Gasteiger partial charge < -0.3 is 0 Å². The lowest BCUT2D eigenvalue weighted by molar-refractivity contribution is 0.538. The van der Waals surface area contributed by atoms with E-state index in [0.717, 1.165) is 5.92 Å². The molecule has 0 aromatic carbocycles. The first-order chi connectivity index (χ1) is 5.79. The lowest BCUT2D eigenvalue weighted by Crippen LogP contribution is -2.07. The molecule has 0 bridgehead atoms. The summed E-state index contributed by atoms with van der Waals surface area (Å²) in [6.45, 7) is 6.74. The van der Waals surface area contributed by atoms with E-state index < -0.39 is 0 Å². The highest BCUT2D eigenvalue weighted by Gasteiger charge is 2.15. The van der Waals surface area contributed by atoms with Crippen LogP contribution in [-0.2, 0) is 0 Å². The summed E-state index contributed by atoms with van der Waals surface area (Å²) in [5.74, 6) is 0.796. The molecular weight excluding hydrogens is 144 g/mol. The summed E-state index contributed by atoms with van der Waals surface area (Å²) in [5.41, 5.74) is 3.30. The maximum Gasteiger partial charge on any atom is -0.0191 e. The number of rotatable bonds is 2. The molecule has 0 nitrogen and oxygen atoms in total. The summed E-state index contributed by atoms with van der Waals surface area (Å²) in [5, 5.41) is 0. The van der Waals surface area contributed by atoms with E-state index in [4.69, 9.17) is 0 Å². The van der Waals surface area contributed by atoms with Crippen molar-refractivity contribution in [2.45, 2.75) is 46.5 Å². The van der Waals surface area contributed by atoms with Gasteiger partial charge in [0.2, 0.25) is 0 Å². The van der Waals surface area contributed by atoms with Crippen molar-refractivity contribution in [2.24, 2.45) is 5.92 Å². The van der Waals surface area contributed by atoms with E-state index in [1.165, 1.54) is 25.7 Å². The highest BCUT2D eigenvalue weighted by molar-refractivity contribution is 5.29. The van der Waals surface area contributed by atoms with Gasteiger partial charge in [0.25, 0.3) is 0 Å². The van der Waals surface area contributed by atoms with Gasteiger partial charge in [-0.25, -0.2) is 0 Å². The summed E-state index contributed by atoms with van der Waals surface area (Å²) in [4.78, 5) is 0. The van der Waals surface area contributed by atoms with Crippen molar-refractivity contribution in [3.63, 3.8) is 0 Å². The van der Waals surface area contributed by atoms with Crippen molar-refractivity contribution in [3.05, 3.63) is 23.3 Å². The summed E-state index contributed by atoms with van der Waals surface area (Å²) < 4.78 is 0. The van der Waals surface area contributed by atoms with E-state index in [0.29, 0.717) is 0 Å². The van der Waals surface area contributed by atoms with Crippen molar-refractivity contribution in [1.82, 2.24) is 0 Å². The van der Waals surface area contributed by atoms with Gasteiger partial charge in [-0.1, -0.05) is 31.6 Å². The molecule has 0 amide bonds. The van der Waals surface area contributed by atoms with Crippen LogP contribution in [0.2, 0.25) is 0 Å².